The highest BCUT2D eigenvalue weighted by Crippen LogP contribution is 2.44. The molecule has 0 radical (unpaired) electrons. The number of amides is 2. The van der Waals surface area contributed by atoms with Crippen LogP contribution in [0.3, 0.4) is 0 Å². The Kier molecular flexibility index (Phi) is 4.54. The molecule has 0 spiro atoms. The first-order valence-corrected chi connectivity index (χ1v) is 9.19. The van der Waals surface area contributed by atoms with Gasteiger partial charge in [0.1, 0.15) is 11.9 Å². The van der Waals surface area contributed by atoms with Gasteiger partial charge in [0.15, 0.2) is 0 Å². The molecule has 2 aromatic rings. The fourth-order valence-electron chi connectivity index (χ4n) is 3.37. The fourth-order valence-corrected chi connectivity index (χ4v) is 3.37. The third-order valence-electron chi connectivity index (χ3n) is 5.08. The van der Waals surface area contributed by atoms with E-state index in [4.69, 9.17) is 5.73 Å². The topological polar surface area (TPSA) is 104 Å². The molecule has 1 aliphatic carbocycles. The first-order valence-electron chi connectivity index (χ1n) is 9.19. The van der Waals surface area contributed by atoms with Gasteiger partial charge in [0, 0.05) is 23.4 Å². The highest BCUT2D eigenvalue weighted by Gasteiger charge is 2.59. The number of pyridine rings is 1. The average molecular weight is 411 g/mol. The lowest BCUT2D eigenvalue weighted by molar-refractivity contribution is -0.178. The standard InChI is InChI=1S/C21H16F3N5O/c22-21(23,24)20(7-5-12-1-2-12)16-4-3-13(10-17(16)28-19(30)29-20)9-14-6-8-27-18(26)15(14)11-25/h3-4,6,8,10,12H,1-2,9H2,(H2,26,27)(H2,28,29,30). The van der Waals surface area contributed by atoms with Crippen LogP contribution in [-0.2, 0) is 12.0 Å². The van der Waals surface area contributed by atoms with E-state index < -0.39 is 17.7 Å². The molecule has 1 fully saturated rings. The van der Waals surface area contributed by atoms with E-state index in [2.05, 4.69) is 22.1 Å². The number of anilines is 2. The Labute approximate surface area is 170 Å². The lowest BCUT2D eigenvalue weighted by atomic mass is 9.85. The number of nitrogens with two attached hydrogens (primary N) is 1. The molecule has 1 atom stereocenters. The number of rotatable bonds is 2. The monoisotopic (exact) mass is 411 g/mol. The van der Waals surface area contributed by atoms with Gasteiger partial charge in [-0.1, -0.05) is 24.0 Å². The molecule has 6 nitrogen and oxygen atoms in total. The van der Waals surface area contributed by atoms with Crippen molar-refractivity contribution >= 4 is 17.5 Å². The van der Waals surface area contributed by atoms with Crippen molar-refractivity contribution in [1.82, 2.24) is 10.3 Å². The summed E-state index contributed by atoms with van der Waals surface area (Å²) in [5, 5.41) is 13.7. The van der Waals surface area contributed by atoms with Gasteiger partial charge in [0.25, 0.3) is 0 Å². The number of carbonyl (C=O) groups is 1. The minimum absolute atomic E-state index is 0.0270. The molecular weight excluding hydrogens is 395 g/mol. The quantitative estimate of drug-likeness (QED) is 0.659. The van der Waals surface area contributed by atoms with Crippen LogP contribution in [0.5, 0.6) is 0 Å². The van der Waals surface area contributed by atoms with Crippen LogP contribution in [0.15, 0.2) is 30.5 Å². The Hall–Kier alpha value is -3.72. The van der Waals surface area contributed by atoms with Crippen LogP contribution in [-0.4, -0.2) is 17.2 Å². The number of benzene rings is 1. The van der Waals surface area contributed by atoms with Crippen molar-refractivity contribution in [3.63, 3.8) is 0 Å². The van der Waals surface area contributed by atoms with Crippen LogP contribution in [0.2, 0.25) is 0 Å². The number of alkyl halides is 3. The molecule has 152 valence electrons. The number of urea groups is 1. The molecule has 2 aliphatic rings. The smallest absolute Gasteiger partial charge is 0.383 e. The van der Waals surface area contributed by atoms with Crippen LogP contribution < -0.4 is 16.4 Å². The molecule has 1 aliphatic heterocycles. The highest BCUT2D eigenvalue weighted by molar-refractivity contribution is 5.95. The fraction of sp³-hybridized carbons (Fsp3) is 0.286. The molecular formula is C21H16F3N5O. The molecule has 0 bridgehead atoms. The number of halogens is 3. The summed E-state index contributed by atoms with van der Waals surface area (Å²) in [5.41, 5.74) is 4.20. The first kappa shape index (κ1) is 19.6. The van der Waals surface area contributed by atoms with Gasteiger partial charge in [-0.25, -0.2) is 9.78 Å². The minimum Gasteiger partial charge on any atom is -0.383 e. The summed E-state index contributed by atoms with van der Waals surface area (Å²) >= 11 is 0. The Balaban J connectivity index is 1.78. The van der Waals surface area contributed by atoms with Crippen molar-refractivity contribution in [2.24, 2.45) is 5.92 Å². The summed E-state index contributed by atoms with van der Waals surface area (Å²) in [6, 6.07) is 6.92. The third-order valence-corrected chi connectivity index (χ3v) is 5.08. The second-order valence-corrected chi connectivity index (χ2v) is 7.27. The van der Waals surface area contributed by atoms with Crippen molar-refractivity contribution in [3.05, 3.63) is 52.7 Å². The Morgan fingerprint density at radius 1 is 1.30 bits per heavy atom. The molecule has 1 unspecified atom stereocenters. The highest BCUT2D eigenvalue weighted by atomic mass is 19.4. The zero-order chi connectivity index (χ0) is 21.5. The predicted octanol–water partition coefficient (Wildman–Crippen LogP) is 3.43. The van der Waals surface area contributed by atoms with Gasteiger partial charge in [-0.15, -0.1) is 0 Å². The Bertz CT molecular complexity index is 1140. The van der Waals surface area contributed by atoms with Crippen LogP contribution >= 0.6 is 0 Å². The Morgan fingerprint density at radius 3 is 2.73 bits per heavy atom. The van der Waals surface area contributed by atoms with Gasteiger partial charge in [-0.2, -0.15) is 18.4 Å². The summed E-state index contributed by atoms with van der Waals surface area (Å²) in [6.07, 6.45) is -1.60. The molecule has 1 aromatic carbocycles. The van der Waals surface area contributed by atoms with Crippen molar-refractivity contribution in [2.45, 2.75) is 31.0 Å². The van der Waals surface area contributed by atoms with E-state index in [0.717, 1.165) is 12.8 Å². The average Bonchev–Trinajstić information content (AvgIpc) is 3.49. The van der Waals surface area contributed by atoms with Crippen LogP contribution in [0.25, 0.3) is 0 Å². The number of fused-ring (bicyclic) bond motifs is 1. The normalized spacial score (nSPS) is 20.1. The van der Waals surface area contributed by atoms with Crippen molar-refractivity contribution < 1.29 is 18.0 Å². The largest absolute Gasteiger partial charge is 0.427 e. The summed E-state index contributed by atoms with van der Waals surface area (Å²) in [5.74, 6) is 4.96. The number of nitrogens with zero attached hydrogens (tertiary/aromatic N) is 2. The number of nitriles is 1. The van der Waals surface area contributed by atoms with Crippen LogP contribution in [0, 0.1) is 29.1 Å². The molecule has 0 saturated heterocycles. The molecule has 4 rings (SSSR count). The van der Waals surface area contributed by atoms with E-state index in [9.17, 15) is 23.2 Å². The van der Waals surface area contributed by atoms with Gasteiger partial charge >= 0.3 is 12.2 Å². The number of hydrogen-bond donors (Lipinski definition) is 3. The lowest BCUT2D eigenvalue weighted by Crippen LogP contribution is -2.59. The summed E-state index contributed by atoms with van der Waals surface area (Å²) in [4.78, 5) is 16.0. The summed E-state index contributed by atoms with van der Waals surface area (Å²) in [6.45, 7) is 0. The molecule has 1 aromatic heterocycles. The molecule has 30 heavy (non-hydrogen) atoms. The molecule has 2 amide bonds. The van der Waals surface area contributed by atoms with Gasteiger partial charge < -0.3 is 16.4 Å². The van der Waals surface area contributed by atoms with Crippen molar-refractivity contribution in [1.29, 1.82) is 5.26 Å². The van der Waals surface area contributed by atoms with E-state index in [1.807, 2.05) is 11.4 Å². The number of nitrogens with one attached hydrogen (secondary N) is 2. The zero-order valence-corrected chi connectivity index (χ0v) is 15.6. The van der Waals surface area contributed by atoms with E-state index in [0.29, 0.717) is 11.1 Å². The predicted molar refractivity (Wildman–Crippen MR) is 103 cm³/mol. The van der Waals surface area contributed by atoms with E-state index in [-0.39, 0.29) is 35.0 Å². The van der Waals surface area contributed by atoms with Crippen molar-refractivity contribution in [2.75, 3.05) is 11.1 Å². The molecule has 9 heteroatoms. The maximum Gasteiger partial charge on any atom is 0.427 e. The van der Waals surface area contributed by atoms with E-state index in [1.54, 1.807) is 6.07 Å². The number of carbonyl (C=O) groups excluding carboxylic acids is 1. The van der Waals surface area contributed by atoms with E-state index in [1.165, 1.54) is 24.4 Å². The Morgan fingerprint density at radius 2 is 2.07 bits per heavy atom. The van der Waals surface area contributed by atoms with E-state index >= 15 is 0 Å². The third kappa shape index (κ3) is 3.39. The van der Waals surface area contributed by atoms with Crippen LogP contribution in [0.1, 0.15) is 35.1 Å². The second-order valence-electron chi connectivity index (χ2n) is 7.27. The summed E-state index contributed by atoms with van der Waals surface area (Å²) < 4.78 is 42.3. The molecule has 4 N–H and O–H groups in total. The minimum atomic E-state index is -4.81. The van der Waals surface area contributed by atoms with Gasteiger partial charge in [0.05, 0.1) is 5.56 Å². The summed E-state index contributed by atoms with van der Waals surface area (Å²) in [7, 11) is 0. The van der Waals surface area contributed by atoms with Crippen LogP contribution in [0.4, 0.5) is 29.5 Å². The zero-order valence-electron chi connectivity index (χ0n) is 15.6. The first-order chi connectivity index (χ1) is 14.2. The maximum absolute atomic E-state index is 14.1. The number of hydrogen-bond acceptors (Lipinski definition) is 4. The molecule has 2 heterocycles. The maximum atomic E-state index is 14.1. The number of nitrogen functional groups attached to an aromatic ring is 1. The molecule has 1 saturated carbocycles. The van der Waals surface area contributed by atoms with Gasteiger partial charge in [-0.05, 0) is 42.5 Å². The van der Waals surface area contributed by atoms with Gasteiger partial charge in [-0.3, -0.25) is 0 Å². The lowest BCUT2D eigenvalue weighted by Gasteiger charge is -2.37. The second kappa shape index (κ2) is 6.96. The van der Waals surface area contributed by atoms with Gasteiger partial charge in [0.2, 0.25) is 5.54 Å². The SMILES string of the molecule is N#Cc1c(Cc2ccc3c(c2)NC(=O)NC3(C#CC2CC2)C(F)(F)F)ccnc1N. The number of aromatic nitrogens is 1. The van der Waals surface area contributed by atoms with Crippen molar-refractivity contribution in [3.8, 4) is 17.9 Å².